The van der Waals surface area contributed by atoms with Crippen molar-refractivity contribution in [1.29, 1.82) is 0 Å². The molecule has 0 heterocycles. The van der Waals surface area contributed by atoms with E-state index in [1.54, 1.807) is 0 Å². The Bertz CT molecular complexity index is 601. The predicted octanol–water partition coefficient (Wildman–Crippen LogP) is 5.22. The van der Waals surface area contributed by atoms with E-state index < -0.39 is 6.09 Å². The summed E-state index contributed by atoms with van der Waals surface area (Å²) in [5.74, 6) is 0.447. The molecule has 1 saturated carbocycles. The lowest BCUT2D eigenvalue weighted by Gasteiger charge is -2.28. The summed E-state index contributed by atoms with van der Waals surface area (Å²) in [4.78, 5) is 11.9. The molecule has 30 heavy (non-hydrogen) atoms. The standard InChI is InChI=1S/C24H37FN2O3/c1-2-3-16-26-17-6-4-5-7-18-29-22-12-8-20(9-13-22)19-27-24(28)30-23-14-10-21(25)11-15-23/h2,10-11,14-15,20,22,26H,1,3-9,12-13,16-19H2,(H,27,28). The number of nitrogens with one attached hydrogen (secondary N) is 2. The summed E-state index contributed by atoms with van der Waals surface area (Å²) in [6.07, 6.45) is 11.9. The van der Waals surface area contributed by atoms with Crippen LogP contribution in [0.1, 0.15) is 57.8 Å². The molecule has 1 amide bonds. The van der Waals surface area contributed by atoms with Gasteiger partial charge >= 0.3 is 6.09 Å². The van der Waals surface area contributed by atoms with Gasteiger partial charge in [-0.2, -0.15) is 0 Å². The lowest BCUT2D eigenvalue weighted by Crippen LogP contribution is -2.34. The average Bonchev–Trinajstić information content (AvgIpc) is 2.76. The van der Waals surface area contributed by atoms with E-state index in [-0.39, 0.29) is 5.82 Å². The molecule has 1 aromatic carbocycles. The maximum atomic E-state index is 12.9. The van der Waals surface area contributed by atoms with Gasteiger partial charge in [-0.3, -0.25) is 0 Å². The molecule has 0 radical (unpaired) electrons. The van der Waals surface area contributed by atoms with E-state index >= 15 is 0 Å². The van der Waals surface area contributed by atoms with Crippen molar-refractivity contribution in [2.45, 2.75) is 63.9 Å². The number of halogens is 1. The lowest BCUT2D eigenvalue weighted by molar-refractivity contribution is 0.0163. The summed E-state index contributed by atoms with van der Waals surface area (Å²) >= 11 is 0. The molecule has 168 valence electrons. The van der Waals surface area contributed by atoms with Gasteiger partial charge in [0.05, 0.1) is 6.10 Å². The first-order valence-electron chi connectivity index (χ1n) is 11.3. The fourth-order valence-corrected chi connectivity index (χ4v) is 3.66. The van der Waals surface area contributed by atoms with E-state index in [0.29, 0.717) is 24.3 Å². The number of hydrogen-bond donors (Lipinski definition) is 2. The van der Waals surface area contributed by atoms with Gasteiger partial charge in [0.25, 0.3) is 0 Å². The number of ether oxygens (including phenoxy) is 2. The Kier molecular flexibility index (Phi) is 12.1. The van der Waals surface area contributed by atoms with E-state index in [2.05, 4.69) is 17.2 Å². The third kappa shape index (κ3) is 10.7. The van der Waals surface area contributed by atoms with Gasteiger partial charge in [-0.15, -0.1) is 6.58 Å². The van der Waals surface area contributed by atoms with Crippen molar-refractivity contribution in [3.05, 3.63) is 42.7 Å². The molecule has 0 aliphatic heterocycles. The van der Waals surface area contributed by atoms with E-state index in [0.717, 1.165) is 58.2 Å². The van der Waals surface area contributed by atoms with Crippen molar-refractivity contribution in [2.24, 2.45) is 5.92 Å². The van der Waals surface area contributed by atoms with Crippen LogP contribution in [0.4, 0.5) is 9.18 Å². The van der Waals surface area contributed by atoms with Gasteiger partial charge in [0.2, 0.25) is 0 Å². The van der Waals surface area contributed by atoms with Crippen LogP contribution in [0.25, 0.3) is 0 Å². The quantitative estimate of drug-likeness (QED) is 0.320. The highest BCUT2D eigenvalue weighted by atomic mass is 19.1. The molecular formula is C24H37FN2O3. The largest absolute Gasteiger partial charge is 0.412 e. The molecule has 0 bridgehead atoms. The maximum Gasteiger partial charge on any atom is 0.412 e. The van der Waals surface area contributed by atoms with Gasteiger partial charge in [-0.05, 0) is 88.2 Å². The summed E-state index contributed by atoms with van der Waals surface area (Å²) in [6, 6.07) is 5.43. The van der Waals surface area contributed by atoms with Crippen LogP contribution >= 0.6 is 0 Å². The van der Waals surface area contributed by atoms with Crippen LogP contribution in [-0.4, -0.2) is 38.4 Å². The number of rotatable bonds is 14. The molecule has 2 N–H and O–H groups in total. The van der Waals surface area contributed by atoms with Gasteiger partial charge < -0.3 is 20.1 Å². The Labute approximate surface area is 180 Å². The highest BCUT2D eigenvalue weighted by Crippen LogP contribution is 2.26. The summed E-state index contributed by atoms with van der Waals surface area (Å²) in [6.45, 7) is 7.29. The number of unbranched alkanes of at least 4 members (excludes halogenated alkanes) is 3. The normalized spacial score (nSPS) is 18.7. The van der Waals surface area contributed by atoms with Crippen molar-refractivity contribution in [3.63, 3.8) is 0 Å². The molecule has 0 atom stereocenters. The first-order chi connectivity index (χ1) is 14.7. The van der Waals surface area contributed by atoms with Crippen LogP contribution in [0.2, 0.25) is 0 Å². The molecular weight excluding hydrogens is 383 g/mol. The van der Waals surface area contributed by atoms with Crippen LogP contribution in [-0.2, 0) is 4.74 Å². The zero-order chi connectivity index (χ0) is 21.4. The molecule has 0 spiro atoms. The topological polar surface area (TPSA) is 59.6 Å². The third-order valence-corrected chi connectivity index (χ3v) is 5.48. The van der Waals surface area contributed by atoms with Crippen LogP contribution in [0.5, 0.6) is 5.75 Å². The van der Waals surface area contributed by atoms with Crippen molar-refractivity contribution >= 4 is 6.09 Å². The zero-order valence-electron chi connectivity index (χ0n) is 18.0. The Morgan fingerprint density at radius 3 is 2.53 bits per heavy atom. The van der Waals surface area contributed by atoms with Gasteiger partial charge in [-0.1, -0.05) is 18.9 Å². The highest BCUT2D eigenvalue weighted by molar-refractivity contribution is 5.70. The smallest absolute Gasteiger partial charge is 0.410 e. The Balaban J connectivity index is 1.44. The van der Waals surface area contributed by atoms with Crippen LogP contribution in [0.15, 0.2) is 36.9 Å². The second-order valence-corrected chi connectivity index (χ2v) is 7.98. The average molecular weight is 421 g/mol. The fourth-order valence-electron chi connectivity index (χ4n) is 3.66. The Morgan fingerprint density at radius 2 is 1.80 bits per heavy atom. The molecule has 1 aliphatic carbocycles. The number of carbonyl (C=O) groups excluding carboxylic acids is 1. The number of carbonyl (C=O) groups is 1. The first kappa shape index (κ1) is 24.4. The van der Waals surface area contributed by atoms with Gasteiger partial charge in [0.15, 0.2) is 0 Å². The third-order valence-electron chi connectivity index (χ3n) is 5.48. The minimum absolute atomic E-state index is 0.343. The lowest BCUT2D eigenvalue weighted by atomic mass is 9.87. The Hall–Kier alpha value is -1.92. The molecule has 5 nitrogen and oxygen atoms in total. The highest BCUT2D eigenvalue weighted by Gasteiger charge is 2.22. The SMILES string of the molecule is C=CCCNCCCCCCOC1CCC(CNC(=O)Oc2ccc(F)cc2)CC1. The molecule has 0 aromatic heterocycles. The fraction of sp³-hybridized carbons (Fsp3) is 0.625. The van der Waals surface area contributed by atoms with E-state index in [9.17, 15) is 9.18 Å². The van der Waals surface area contributed by atoms with E-state index in [4.69, 9.17) is 9.47 Å². The van der Waals surface area contributed by atoms with Crippen molar-refractivity contribution in [3.8, 4) is 5.75 Å². The molecule has 0 saturated heterocycles. The molecule has 0 unspecified atom stereocenters. The summed E-state index contributed by atoms with van der Waals surface area (Å²) in [7, 11) is 0. The maximum absolute atomic E-state index is 12.9. The van der Waals surface area contributed by atoms with Crippen molar-refractivity contribution < 1.29 is 18.7 Å². The molecule has 2 rings (SSSR count). The van der Waals surface area contributed by atoms with Crippen molar-refractivity contribution in [1.82, 2.24) is 10.6 Å². The number of benzene rings is 1. The molecule has 1 aliphatic rings. The van der Waals surface area contributed by atoms with E-state index in [1.165, 1.54) is 43.5 Å². The van der Waals surface area contributed by atoms with Crippen molar-refractivity contribution in [2.75, 3.05) is 26.2 Å². The van der Waals surface area contributed by atoms with Gasteiger partial charge in [-0.25, -0.2) is 9.18 Å². The second kappa shape index (κ2) is 15.0. The van der Waals surface area contributed by atoms with Crippen LogP contribution in [0, 0.1) is 11.7 Å². The minimum Gasteiger partial charge on any atom is -0.410 e. The van der Waals surface area contributed by atoms with Gasteiger partial charge in [0, 0.05) is 13.2 Å². The predicted molar refractivity (Wildman–Crippen MR) is 118 cm³/mol. The minimum atomic E-state index is -0.490. The Morgan fingerprint density at radius 1 is 1.07 bits per heavy atom. The van der Waals surface area contributed by atoms with Crippen LogP contribution in [0.3, 0.4) is 0 Å². The molecule has 1 aromatic rings. The van der Waals surface area contributed by atoms with E-state index in [1.807, 2.05) is 6.08 Å². The van der Waals surface area contributed by atoms with Crippen LogP contribution < -0.4 is 15.4 Å². The summed E-state index contributed by atoms with van der Waals surface area (Å²) in [5.41, 5.74) is 0. The number of amides is 1. The first-order valence-corrected chi connectivity index (χ1v) is 11.3. The molecule has 1 fully saturated rings. The second-order valence-electron chi connectivity index (χ2n) is 7.98. The zero-order valence-corrected chi connectivity index (χ0v) is 18.0. The summed E-state index contributed by atoms with van der Waals surface area (Å²) in [5, 5.41) is 6.23. The summed E-state index contributed by atoms with van der Waals surface area (Å²) < 4.78 is 24.1. The van der Waals surface area contributed by atoms with Gasteiger partial charge in [0.1, 0.15) is 11.6 Å². The monoisotopic (exact) mass is 420 g/mol. The molecule has 6 heteroatoms. The number of hydrogen-bond acceptors (Lipinski definition) is 4.